The Morgan fingerprint density at radius 2 is 2.04 bits per heavy atom. The summed E-state index contributed by atoms with van der Waals surface area (Å²) in [7, 11) is 0. The zero-order valence-electron chi connectivity index (χ0n) is 12.3. The first-order valence-electron chi connectivity index (χ1n) is 6.79. The molecule has 0 radical (unpaired) electrons. The number of nitrogens with one attached hydrogen (secondary N) is 2. The van der Waals surface area contributed by atoms with Gasteiger partial charge in [-0.25, -0.2) is 4.79 Å². The largest absolute Gasteiger partial charge is 0.481 e. The number of amides is 2. The van der Waals surface area contributed by atoms with Crippen molar-refractivity contribution in [3.8, 4) is 17.6 Å². The molecule has 2 rings (SSSR count). The van der Waals surface area contributed by atoms with Gasteiger partial charge in [-0.3, -0.25) is 5.32 Å². The normalized spacial score (nSPS) is 10.5. The highest BCUT2D eigenvalue weighted by molar-refractivity contribution is 7.14. The molecular weight excluding hydrogens is 341 g/mol. The lowest BCUT2D eigenvalue weighted by Crippen LogP contribution is -2.28. The number of hydrogen-bond acceptors (Lipinski definition) is 3. The third-order valence-electron chi connectivity index (χ3n) is 2.69. The van der Waals surface area contributed by atoms with Crippen LogP contribution >= 0.6 is 11.3 Å². The van der Waals surface area contributed by atoms with Gasteiger partial charge in [0, 0.05) is 0 Å². The van der Waals surface area contributed by atoms with Crippen molar-refractivity contribution in [2.45, 2.75) is 6.18 Å². The van der Waals surface area contributed by atoms with Crippen LogP contribution in [0.2, 0.25) is 0 Å². The van der Waals surface area contributed by atoms with Gasteiger partial charge < -0.3 is 10.1 Å². The van der Waals surface area contributed by atoms with E-state index in [2.05, 4.69) is 22.5 Å². The Kier molecular flexibility index (Phi) is 6.09. The van der Waals surface area contributed by atoms with Crippen LogP contribution in [0.3, 0.4) is 0 Å². The summed E-state index contributed by atoms with van der Waals surface area (Å²) >= 11 is 1.39. The number of benzene rings is 1. The van der Waals surface area contributed by atoms with E-state index in [0.29, 0.717) is 5.00 Å². The quantitative estimate of drug-likeness (QED) is 0.817. The minimum atomic E-state index is -4.41. The minimum Gasteiger partial charge on any atom is -0.481 e. The smallest absolute Gasteiger partial charge is 0.416 e. The Hall–Kier alpha value is -2.66. The zero-order chi connectivity index (χ0) is 17.4. The van der Waals surface area contributed by atoms with E-state index >= 15 is 0 Å². The predicted octanol–water partition coefficient (Wildman–Crippen LogP) is 3.97. The van der Waals surface area contributed by atoms with E-state index in [1.54, 1.807) is 6.07 Å². The summed E-state index contributed by atoms with van der Waals surface area (Å²) in [4.78, 5) is 11.5. The number of hydrogen-bond donors (Lipinski definition) is 2. The third kappa shape index (κ3) is 5.85. The monoisotopic (exact) mass is 354 g/mol. The van der Waals surface area contributed by atoms with E-state index in [9.17, 15) is 18.0 Å². The second kappa shape index (κ2) is 8.26. The van der Waals surface area contributed by atoms with Gasteiger partial charge in [0.25, 0.3) is 0 Å². The van der Waals surface area contributed by atoms with Crippen LogP contribution in [0.1, 0.15) is 5.56 Å². The van der Waals surface area contributed by atoms with Crippen molar-refractivity contribution in [1.82, 2.24) is 5.32 Å². The molecule has 24 heavy (non-hydrogen) atoms. The molecule has 0 fully saturated rings. The maximum atomic E-state index is 12.5. The summed E-state index contributed by atoms with van der Waals surface area (Å²) in [6, 6.07) is 7.75. The van der Waals surface area contributed by atoms with Crippen LogP contribution in [0.25, 0.3) is 0 Å². The van der Waals surface area contributed by atoms with Crippen LogP contribution < -0.4 is 15.4 Å². The molecule has 1 heterocycles. The van der Waals surface area contributed by atoms with Crippen LogP contribution in [-0.2, 0) is 6.18 Å². The topological polar surface area (TPSA) is 50.4 Å². The maximum absolute atomic E-state index is 12.5. The van der Waals surface area contributed by atoms with Crippen molar-refractivity contribution in [3.05, 3.63) is 47.3 Å². The van der Waals surface area contributed by atoms with Crippen LogP contribution in [-0.4, -0.2) is 19.2 Å². The van der Waals surface area contributed by atoms with Crippen molar-refractivity contribution in [2.24, 2.45) is 0 Å². The third-order valence-corrected chi connectivity index (χ3v) is 3.48. The minimum absolute atomic E-state index is 0.0739. The molecule has 8 heteroatoms. The first kappa shape index (κ1) is 17.7. The molecule has 1 aromatic heterocycles. The van der Waals surface area contributed by atoms with E-state index < -0.39 is 11.7 Å². The summed E-state index contributed by atoms with van der Waals surface area (Å²) < 4.78 is 42.8. The molecule has 126 valence electrons. The number of alkyl halides is 3. The standard InChI is InChI=1S/C16H13F3N2O2S/c17-16(18,19)12-5-3-6-13(11-12)23-9-2-1-8-20-15(22)21-14-7-4-10-24-14/h3-7,10-11H,8-9H2,(H2,20,21,22). The van der Waals surface area contributed by atoms with E-state index in [0.717, 1.165) is 12.1 Å². The number of ether oxygens (including phenoxy) is 1. The molecule has 0 atom stereocenters. The molecule has 0 aliphatic rings. The van der Waals surface area contributed by atoms with Crippen molar-refractivity contribution in [1.29, 1.82) is 0 Å². The molecule has 0 spiro atoms. The molecule has 1 aromatic carbocycles. The highest BCUT2D eigenvalue weighted by Crippen LogP contribution is 2.31. The molecule has 2 aromatic rings. The van der Waals surface area contributed by atoms with E-state index in [1.807, 2.05) is 11.4 Å². The summed E-state index contributed by atoms with van der Waals surface area (Å²) in [5.74, 6) is 5.34. The predicted molar refractivity (Wildman–Crippen MR) is 86.1 cm³/mol. The number of halogens is 3. The van der Waals surface area contributed by atoms with Gasteiger partial charge in [0.1, 0.15) is 12.4 Å². The van der Waals surface area contributed by atoms with Gasteiger partial charge in [0.05, 0.1) is 17.1 Å². The number of thiophene rings is 1. The summed E-state index contributed by atoms with van der Waals surface area (Å²) in [5.41, 5.74) is -0.778. The van der Waals surface area contributed by atoms with Crippen LogP contribution in [0, 0.1) is 11.8 Å². The SMILES string of the molecule is O=C(NCC#CCOc1cccc(C(F)(F)F)c1)Nc1cccs1. The molecule has 0 bridgehead atoms. The number of rotatable bonds is 4. The van der Waals surface area contributed by atoms with Crippen LogP contribution in [0.15, 0.2) is 41.8 Å². The Morgan fingerprint density at radius 1 is 1.21 bits per heavy atom. The van der Waals surface area contributed by atoms with E-state index in [1.165, 1.54) is 23.5 Å². The van der Waals surface area contributed by atoms with Gasteiger partial charge in [-0.1, -0.05) is 17.9 Å². The van der Waals surface area contributed by atoms with E-state index in [4.69, 9.17) is 4.74 Å². The zero-order valence-corrected chi connectivity index (χ0v) is 13.1. The Bertz CT molecular complexity index is 734. The van der Waals surface area contributed by atoms with Gasteiger partial charge in [0.15, 0.2) is 0 Å². The van der Waals surface area contributed by atoms with Gasteiger partial charge >= 0.3 is 12.2 Å². The molecule has 0 unspecified atom stereocenters. The lowest BCUT2D eigenvalue weighted by atomic mass is 10.2. The van der Waals surface area contributed by atoms with Crippen LogP contribution in [0.4, 0.5) is 23.0 Å². The highest BCUT2D eigenvalue weighted by atomic mass is 32.1. The van der Waals surface area contributed by atoms with Crippen molar-refractivity contribution in [3.63, 3.8) is 0 Å². The van der Waals surface area contributed by atoms with Crippen molar-refractivity contribution >= 4 is 22.4 Å². The van der Waals surface area contributed by atoms with Crippen molar-refractivity contribution in [2.75, 3.05) is 18.5 Å². The molecule has 0 saturated carbocycles. The number of anilines is 1. The Morgan fingerprint density at radius 3 is 2.75 bits per heavy atom. The molecular formula is C16H13F3N2O2S. The molecule has 2 N–H and O–H groups in total. The van der Waals surface area contributed by atoms with Gasteiger partial charge in [-0.05, 0) is 35.7 Å². The van der Waals surface area contributed by atoms with Crippen LogP contribution in [0.5, 0.6) is 5.75 Å². The molecule has 4 nitrogen and oxygen atoms in total. The summed E-state index contributed by atoms with van der Waals surface area (Å²) in [6.45, 7) is 0.0265. The lowest BCUT2D eigenvalue weighted by Gasteiger charge is -2.08. The average Bonchev–Trinajstić information content (AvgIpc) is 3.03. The molecule has 2 amide bonds. The number of carbonyl (C=O) groups excluding carboxylic acids is 1. The number of carbonyl (C=O) groups is 1. The maximum Gasteiger partial charge on any atom is 0.416 e. The van der Waals surface area contributed by atoms with E-state index in [-0.39, 0.29) is 24.9 Å². The molecule has 0 saturated heterocycles. The first-order valence-corrected chi connectivity index (χ1v) is 7.67. The average molecular weight is 354 g/mol. The highest BCUT2D eigenvalue weighted by Gasteiger charge is 2.30. The second-order valence-corrected chi connectivity index (χ2v) is 5.40. The fourth-order valence-electron chi connectivity index (χ4n) is 1.63. The number of urea groups is 1. The molecule has 0 aliphatic heterocycles. The van der Waals surface area contributed by atoms with Gasteiger partial charge in [-0.2, -0.15) is 13.2 Å². The Balaban J connectivity index is 1.71. The first-order chi connectivity index (χ1) is 11.4. The second-order valence-electron chi connectivity index (χ2n) is 4.45. The summed E-state index contributed by atoms with van der Waals surface area (Å²) in [5, 5.41) is 7.70. The lowest BCUT2D eigenvalue weighted by molar-refractivity contribution is -0.137. The Labute approximate surface area is 140 Å². The molecule has 0 aliphatic carbocycles. The van der Waals surface area contributed by atoms with Gasteiger partial charge in [-0.15, -0.1) is 11.3 Å². The van der Waals surface area contributed by atoms with Crippen molar-refractivity contribution < 1.29 is 22.7 Å². The fraction of sp³-hybridized carbons (Fsp3) is 0.188. The summed E-state index contributed by atoms with van der Waals surface area (Å²) in [6.07, 6.45) is -4.41. The fourth-order valence-corrected chi connectivity index (χ4v) is 2.24. The van der Waals surface area contributed by atoms with Gasteiger partial charge in [0.2, 0.25) is 0 Å².